The van der Waals surface area contributed by atoms with Crippen LogP contribution in [0, 0.1) is 13.8 Å². The number of halogens is 2. The molecule has 0 unspecified atom stereocenters. The molecule has 0 aliphatic rings. The summed E-state index contributed by atoms with van der Waals surface area (Å²) in [5.41, 5.74) is 3.68. The van der Waals surface area contributed by atoms with Crippen LogP contribution in [0.15, 0.2) is 16.6 Å². The van der Waals surface area contributed by atoms with Crippen LogP contribution >= 0.6 is 31.9 Å². The molecule has 0 saturated heterocycles. The highest BCUT2D eigenvalue weighted by Gasteiger charge is 2.16. The van der Waals surface area contributed by atoms with Gasteiger partial charge in [0.25, 0.3) is 0 Å². The Balaban J connectivity index is 3.34. The van der Waals surface area contributed by atoms with Gasteiger partial charge < -0.3 is 4.90 Å². The fourth-order valence-electron chi connectivity index (χ4n) is 1.53. The Kier molecular flexibility index (Phi) is 4.34. The number of anilines is 1. The molecule has 0 spiro atoms. The van der Waals surface area contributed by atoms with E-state index in [0.29, 0.717) is 5.45 Å². The van der Waals surface area contributed by atoms with Crippen LogP contribution in [0.2, 0.25) is 0 Å². The van der Waals surface area contributed by atoms with Crippen molar-refractivity contribution in [2.45, 2.75) is 20.8 Å². The Morgan fingerprint density at radius 2 is 2.00 bits per heavy atom. The fourth-order valence-corrected chi connectivity index (χ4v) is 2.45. The lowest BCUT2D eigenvalue weighted by molar-refractivity contribution is -0.116. The third-order valence-electron chi connectivity index (χ3n) is 2.34. The van der Waals surface area contributed by atoms with E-state index in [4.69, 9.17) is 0 Å². The summed E-state index contributed by atoms with van der Waals surface area (Å²) in [5.74, 6) is 0.0381. The minimum atomic E-state index is 0.0381. The number of nitrogens with zero attached hydrogens (tertiary/aromatic N) is 1. The van der Waals surface area contributed by atoms with Gasteiger partial charge in [-0.3, -0.25) is 4.79 Å². The summed E-state index contributed by atoms with van der Waals surface area (Å²) in [6.07, 6.45) is 0. The van der Waals surface area contributed by atoms with Gasteiger partial charge in [-0.15, -0.1) is 0 Å². The number of hydrogen-bond acceptors (Lipinski definition) is 1. The molecular formula is C11H13Br2NO. The largest absolute Gasteiger partial charge is 0.302 e. The molecular weight excluding hydrogens is 322 g/mol. The van der Waals surface area contributed by atoms with E-state index in [2.05, 4.69) is 31.9 Å². The van der Waals surface area contributed by atoms with Gasteiger partial charge in [-0.25, -0.2) is 0 Å². The first-order valence-electron chi connectivity index (χ1n) is 4.58. The van der Waals surface area contributed by atoms with Crippen molar-refractivity contribution < 1.29 is 4.79 Å². The van der Waals surface area contributed by atoms with Crippen LogP contribution < -0.4 is 4.90 Å². The summed E-state index contributed by atoms with van der Waals surface area (Å²) < 4.78 is 1.02. The Morgan fingerprint density at radius 1 is 1.40 bits per heavy atom. The molecule has 0 bridgehead atoms. The zero-order chi connectivity index (χ0) is 11.6. The van der Waals surface area contributed by atoms with Crippen LogP contribution in [0.5, 0.6) is 0 Å². The molecule has 1 aromatic carbocycles. The van der Waals surface area contributed by atoms with Gasteiger partial charge in [0.05, 0.1) is 11.1 Å². The van der Waals surface area contributed by atoms with Crippen molar-refractivity contribution in [2.75, 3.05) is 10.4 Å². The maximum Gasteiger partial charge on any atom is 0.224 e. The lowest BCUT2D eigenvalue weighted by Gasteiger charge is -2.23. The molecule has 1 amide bonds. The lowest BCUT2D eigenvalue weighted by atomic mass is 10.1. The third kappa shape index (κ3) is 2.61. The molecule has 0 aliphatic heterocycles. The first-order chi connectivity index (χ1) is 6.99. The summed E-state index contributed by atoms with van der Waals surface area (Å²) in [6, 6.07) is 4.01. The topological polar surface area (TPSA) is 20.3 Å². The van der Waals surface area contributed by atoms with Gasteiger partial charge in [0, 0.05) is 11.4 Å². The SMILES string of the molecule is CC(=O)N(CBr)c1c(C)ccc(Br)c1C. The quantitative estimate of drug-likeness (QED) is 0.595. The molecule has 15 heavy (non-hydrogen) atoms. The Hall–Kier alpha value is -0.350. The van der Waals surface area contributed by atoms with E-state index < -0.39 is 0 Å². The van der Waals surface area contributed by atoms with Crippen LogP contribution in [0.4, 0.5) is 5.69 Å². The monoisotopic (exact) mass is 333 g/mol. The number of hydrogen-bond donors (Lipinski definition) is 0. The zero-order valence-corrected chi connectivity index (χ0v) is 12.1. The van der Waals surface area contributed by atoms with Gasteiger partial charge in [0.1, 0.15) is 0 Å². The maximum absolute atomic E-state index is 11.5. The van der Waals surface area contributed by atoms with Crippen molar-refractivity contribution in [2.24, 2.45) is 0 Å². The van der Waals surface area contributed by atoms with Gasteiger partial charge in [-0.05, 0) is 31.0 Å². The highest BCUT2D eigenvalue weighted by molar-refractivity contribution is 9.10. The van der Waals surface area contributed by atoms with Crippen LogP contribution in [0.1, 0.15) is 18.1 Å². The van der Waals surface area contributed by atoms with E-state index in [9.17, 15) is 4.79 Å². The molecule has 0 aliphatic carbocycles. The highest BCUT2D eigenvalue weighted by atomic mass is 79.9. The number of carbonyl (C=O) groups is 1. The van der Waals surface area contributed by atoms with E-state index in [1.807, 2.05) is 26.0 Å². The number of carbonyl (C=O) groups excluding carboxylic acids is 1. The summed E-state index contributed by atoms with van der Waals surface area (Å²) in [6.45, 7) is 5.58. The van der Waals surface area contributed by atoms with E-state index in [0.717, 1.165) is 21.3 Å². The van der Waals surface area contributed by atoms with Crippen molar-refractivity contribution in [3.63, 3.8) is 0 Å². The average Bonchev–Trinajstić information content (AvgIpc) is 2.18. The van der Waals surface area contributed by atoms with Gasteiger partial charge >= 0.3 is 0 Å². The molecule has 0 fully saturated rings. The lowest BCUT2D eigenvalue weighted by Crippen LogP contribution is -2.28. The number of rotatable bonds is 2. The molecule has 0 atom stereocenters. The predicted octanol–water partition coefficient (Wildman–Crippen LogP) is 3.77. The van der Waals surface area contributed by atoms with E-state index in [1.165, 1.54) is 0 Å². The summed E-state index contributed by atoms with van der Waals surface area (Å²) in [7, 11) is 0. The minimum Gasteiger partial charge on any atom is -0.302 e. The highest BCUT2D eigenvalue weighted by Crippen LogP contribution is 2.31. The van der Waals surface area contributed by atoms with Crippen LogP contribution in [-0.2, 0) is 4.79 Å². The van der Waals surface area contributed by atoms with Crippen molar-refractivity contribution in [3.8, 4) is 0 Å². The molecule has 0 saturated carbocycles. The van der Waals surface area contributed by atoms with Crippen molar-refractivity contribution in [1.82, 2.24) is 0 Å². The molecule has 0 heterocycles. The third-order valence-corrected chi connectivity index (χ3v) is 3.70. The van der Waals surface area contributed by atoms with Crippen LogP contribution in [-0.4, -0.2) is 11.4 Å². The second-order valence-electron chi connectivity index (χ2n) is 3.40. The van der Waals surface area contributed by atoms with Crippen LogP contribution in [0.3, 0.4) is 0 Å². The molecule has 4 heteroatoms. The van der Waals surface area contributed by atoms with Gasteiger partial charge in [-0.1, -0.05) is 37.9 Å². The average molecular weight is 335 g/mol. The van der Waals surface area contributed by atoms with E-state index in [1.54, 1.807) is 11.8 Å². The Labute approximate surface area is 107 Å². The number of alkyl halides is 1. The predicted molar refractivity (Wildman–Crippen MR) is 70.6 cm³/mol. The number of benzene rings is 1. The van der Waals surface area contributed by atoms with Gasteiger partial charge in [0.15, 0.2) is 0 Å². The molecule has 0 radical (unpaired) electrons. The van der Waals surface area contributed by atoms with Crippen molar-refractivity contribution in [1.29, 1.82) is 0 Å². The molecule has 0 N–H and O–H groups in total. The van der Waals surface area contributed by atoms with Gasteiger partial charge in [0.2, 0.25) is 5.91 Å². The molecule has 1 aromatic rings. The Morgan fingerprint density at radius 3 is 2.47 bits per heavy atom. The van der Waals surface area contributed by atoms with E-state index >= 15 is 0 Å². The summed E-state index contributed by atoms with van der Waals surface area (Å²) in [5, 5.41) is 0. The van der Waals surface area contributed by atoms with Crippen molar-refractivity contribution in [3.05, 3.63) is 27.7 Å². The number of amides is 1. The molecule has 0 aromatic heterocycles. The minimum absolute atomic E-state index is 0.0381. The summed E-state index contributed by atoms with van der Waals surface area (Å²) >= 11 is 6.81. The second kappa shape index (κ2) is 5.12. The maximum atomic E-state index is 11.5. The number of aryl methyl sites for hydroxylation is 1. The first-order valence-corrected chi connectivity index (χ1v) is 6.50. The van der Waals surface area contributed by atoms with Crippen LogP contribution in [0.25, 0.3) is 0 Å². The second-order valence-corrected chi connectivity index (χ2v) is 4.76. The summed E-state index contributed by atoms with van der Waals surface area (Å²) in [4.78, 5) is 13.2. The molecule has 1 rings (SSSR count). The zero-order valence-electron chi connectivity index (χ0n) is 8.97. The molecule has 82 valence electrons. The first kappa shape index (κ1) is 12.7. The normalized spacial score (nSPS) is 10.2. The van der Waals surface area contributed by atoms with Gasteiger partial charge in [-0.2, -0.15) is 0 Å². The van der Waals surface area contributed by atoms with Crippen molar-refractivity contribution >= 4 is 43.5 Å². The Bertz CT molecular complexity index is 390. The standard InChI is InChI=1S/C11H13Br2NO/c1-7-4-5-10(13)8(2)11(7)14(6-12)9(3)15/h4-5H,6H2,1-3H3. The fraction of sp³-hybridized carbons (Fsp3) is 0.364. The molecule has 2 nitrogen and oxygen atoms in total. The smallest absolute Gasteiger partial charge is 0.224 e. The van der Waals surface area contributed by atoms with E-state index in [-0.39, 0.29) is 5.91 Å².